The highest BCUT2D eigenvalue weighted by atomic mass is 16.2. The van der Waals surface area contributed by atoms with Crippen molar-refractivity contribution in [2.24, 2.45) is 0 Å². The van der Waals surface area contributed by atoms with Gasteiger partial charge in [-0.15, -0.1) is 0 Å². The Hall–Kier alpha value is -2.04. The number of anilines is 1. The van der Waals surface area contributed by atoms with Crippen LogP contribution in [-0.2, 0) is 4.79 Å². The topological polar surface area (TPSA) is 66.6 Å². The Morgan fingerprint density at radius 1 is 1.28 bits per heavy atom. The number of benzene rings is 1. The van der Waals surface area contributed by atoms with Crippen LogP contribution in [0.15, 0.2) is 18.2 Å². The normalized spacial score (nSPS) is 15.6. The Bertz CT molecular complexity index is 465. The molecule has 2 N–H and O–H groups in total. The Kier molecular flexibility index (Phi) is 3.50. The maximum absolute atomic E-state index is 12.3. The molecule has 0 spiro atoms. The van der Waals surface area contributed by atoms with E-state index in [9.17, 15) is 9.59 Å². The van der Waals surface area contributed by atoms with Crippen LogP contribution in [0.25, 0.3) is 0 Å². The first-order valence-corrected chi connectivity index (χ1v) is 5.96. The van der Waals surface area contributed by atoms with Crippen molar-refractivity contribution in [1.82, 2.24) is 9.80 Å². The number of nitrogens with two attached hydrogens (primary N) is 1. The van der Waals surface area contributed by atoms with E-state index in [1.807, 2.05) is 19.1 Å². The second kappa shape index (κ2) is 5.08. The minimum Gasteiger partial charge on any atom is -0.398 e. The summed E-state index contributed by atoms with van der Waals surface area (Å²) in [4.78, 5) is 26.3. The molecule has 1 aromatic rings. The van der Waals surface area contributed by atoms with Gasteiger partial charge in [-0.25, -0.2) is 0 Å². The van der Waals surface area contributed by atoms with Gasteiger partial charge in [0.25, 0.3) is 5.91 Å². The minimum absolute atomic E-state index is 0.0539. The first kappa shape index (κ1) is 12.4. The summed E-state index contributed by atoms with van der Waals surface area (Å²) in [5.41, 5.74) is 7.90. The Labute approximate surface area is 106 Å². The zero-order valence-electron chi connectivity index (χ0n) is 10.4. The van der Waals surface area contributed by atoms with Crippen molar-refractivity contribution in [1.29, 1.82) is 0 Å². The van der Waals surface area contributed by atoms with E-state index in [0.717, 1.165) is 12.0 Å². The second-order valence-electron chi connectivity index (χ2n) is 4.52. The van der Waals surface area contributed by atoms with Gasteiger partial charge in [0.05, 0.1) is 5.56 Å². The minimum atomic E-state index is -0.0539. The molecule has 1 aliphatic heterocycles. The molecule has 0 aliphatic carbocycles. The molecular formula is C13H17N3O2. The van der Waals surface area contributed by atoms with E-state index in [0.29, 0.717) is 37.4 Å². The van der Waals surface area contributed by atoms with Crippen LogP contribution >= 0.6 is 0 Å². The highest BCUT2D eigenvalue weighted by Gasteiger charge is 2.22. The van der Waals surface area contributed by atoms with Gasteiger partial charge in [0, 0.05) is 31.9 Å². The van der Waals surface area contributed by atoms with Crippen LogP contribution in [0.4, 0.5) is 5.69 Å². The summed E-state index contributed by atoms with van der Waals surface area (Å²) in [6.07, 6.45) is 0.822. The smallest absolute Gasteiger partial charge is 0.256 e. The van der Waals surface area contributed by atoms with Crippen molar-refractivity contribution < 1.29 is 9.59 Å². The van der Waals surface area contributed by atoms with E-state index < -0.39 is 0 Å². The van der Waals surface area contributed by atoms with Gasteiger partial charge in [0.2, 0.25) is 6.41 Å². The fraction of sp³-hybridized carbons (Fsp3) is 0.385. The van der Waals surface area contributed by atoms with Gasteiger partial charge < -0.3 is 15.5 Å². The van der Waals surface area contributed by atoms with Crippen LogP contribution in [-0.4, -0.2) is 48.3 Å². The lowest BCUT2D eigenvalue weighted by atomic mass is 10.1. The molecule has 0 unspecified atom stereocenters. The number of amides is 2. The molecule has 1 aromatic carbocycles. The number of nitrogen functional groups attached to an aromatic ring is 1. The Balaban J connectivity index is 2.12. The molecule has 0 radical (unpaired) electrons. The van der Waals surface area contributed by atoms with Crippen LogP contribution in [0.5, 0.6) is 0 Å². The Morgan fingerprint density at radius 3 is 2.56 bits per heavy atom. The lowest BCUT2D eigenvalue weighted by Gasteiger charge is -2.32. The first-order valence-electron chi connectivity index (χ1n) is 5.96. The molecule has 1 heterocycles. The number of piperazine rings is 1. The third-order valence-electron chi connectivity index (χ3n) is 3.19. The first-order chi connectivity index (χ1) is 8.61. The molecule has 2 rings (SSSR count). The van der Waals surface area contributed by atoms with E-state index in [1.54, 1.807) is 15.9 Å². The molecule has 1 aliphatic rings. The third kappa shape index (κ3) is 2.45. The lowest BCUT2D eigenvalue weighted by Crippen LogP contribution is -2.48. The third-order valence-corrected chi connectivity index (χ3v) is 3.19. The van der Waals surface area contributed by atoms with Crippen molar-refractivity contribution in [3.05, 3.63) is 29.3 Å². The summed E-state index contributed by atoms with van der Waals surface area (Å²) in [5.74, 6) is -0.0539. The number of hydrogen-bond donors (Lipinski definition) is 1. The van der Waals surface area contributed by atoms with Crippen LogP contribution in [0.3, 0.4) is 0 Å². The van der Waals surface area contributed by atoms with Crippen molar-refractivity contribution in [3.63, 3.8) is 0 Å². The lowest BCUT2D eigenvalue weighted by molar-refractivity contribution is -0.119. The van der Waals surface area contributed by atoms with Crippen molar-refractivity contribution in [2.45, 2.75) is 6.92 Å². The molecule has 1 fully saturated rings. The SMILES string of the molecule is Cc1ccc(N)c(C(=O)N2CCN(C=O)CC2)c1. The number of aryl methyl sites for hydroxylation is 1. The van der Waals surface area contributed by atoms with Gasteiger partial charge in [0.1, 0.15) is 0 Å². The van der Waals surface area contributed by atoms with Gasteiger partial charge in [0.15, 0.2) is 0 Å². The molecule has 18 heavy (non-hydrogen) atoms. The summed E-state index contributed by atoms with van der Waals surface area (Å²) >= 11 is 0. The second-order valence-corrected chi connectivity index (χ2v) is 4.52. The van der Waals surface area contributed by atoms with Crippen LogP contribution in [0, 0.1) is 6.92 Å². The Morgan fingerprint density at radius 2 is 1.94 bits per heavy atom. The molecule has 96 valence electrons. The number of rotatable bonds is 2. The van der Waals surface area contributed by atoms with E-state index in [1.165, 1.54) is 0 Å². The molecule has 0 bridgehead atoms. The molecular weight excluding hydrogens is 230 g/mol. The summed E-state index contributed by atoms with van der Waals surface area (Å²) in [5, 5.41) is 0. The van der Waals surface area contributed by atoms with E-state index in [4.69, 9.17) is 5.73 Å². The van der Waals surface area contributed by atoms with Crippen LogP contribution < -0.4 is 5.73 Å². The average Bonchev–Trinajstić information content (AvgIpc) is 2.41. The average molecular weight is 247 g/mol. The van der Waals surface area contributed by atoms with Gasteiger partial charge in [-0.05, 0) is 19.1 Å². The molecule has 0 aromatic heterocycles. The van der Waals surface area contributed by atoms with E-state index in [-0.39, 0.29) is 5.91 Å². The molecule has 1 saturated heterocycles. The maximum atomic E-state index is 12.3. The van der Waals surface area contributed by atoms with Crippen molar-refractivity contribution in [3.8, 4) is 0 Å². The number of nitrogens with zero attached hydrogens (tertiary/aromatic N) is 2. The maximum Gasteiger partial charge on any atom is 0.256 e. The van der Waals surface area contributed by atoms with Gasteiger partial charge in [-0.1, -0.05) is 11.6 Å². The molecule has 0 saturated carbocycles. The van der Waals surface area contributed by atoms with Gasteiger partial charge >= 0.3 is 0 Å². The number of hydrogen-bond acceptors (Lipinski definition) is 3. The molecule has 5 heteroatoms. The van der Waals surface area contributed by atoms with Crippen molar-refractivity contribution >= 4 is 18.0 Å². The monoisotopic (exact) mass is 247 g/mol. The highest BCUT2D eigenvalue weighted by Crippen LogP contribution is 2.17. The van der Waals surface area contributed by atoms with Crippen LogP contribution in [0.2, 0.25) is 0 Å². The highest BCUT2D eigenvalue weighted by molar-refractivity contribution is 5.99. The predicted molar refractivity (Wildman–Crippen MR) is 69.1 cm³/mol. The summed E-state index contributed by atoms with van der Waals surface area (Å²) in [6, 6.07) is 5.45. The summed E-state index contributed by atoms with van der Waals surface area (Å²) in [6.45, 7) is 4.22. The fourth-order valence-corrected chi connectivity index (χ4v) is 2.06. The fourth-order valence-electron chi connectivity index (χ4n) is 2.06. The van der Waals surface area contributed by atoms with Gasteiger partial charge in [-0.2, -0.15) is 0 Å². The molecule has 2 amide bonds. The largest absolute Gasteiger partial charge is 0.398 e. The van der Waals surface area contributed by atoms with E-state index in [2.05, 4.69) is 0 Å². The zero-order valence-corrected chi connectivity index (χ0v) is 10.4. The van der Waals surface area contributed by atoms with Crippen LogP contribution in [0.1, 0.15) is 15.9 Å². The van der Waals surface area contributed by atoms with Crippen molar-refractivity contribution in [2.75, 3.05) is 31.9 Å². The zero-order chi connectivity index (χ0) is 13.1. The summed E-state index contributed by atoms with van der Waals surface area (Å²) in [7, 11) is 0. The quantitative estimate of drug-likeness (QED) is 0.611. The number of carbonyl (C=O) groups excluding carboxylic acids is 2. The van der Waals surface area contributed by atoms with E-state index >= 15 is 0 Å². The number of carbonyl (C=O) groups is 2. The predicted octanol–water partition coefficient (Wildman–Crippen LogP) is 0.491. The standard InChI is InChI=1S/C13H17N3O2/c1-10-2-3-12(14)11(8-10)13(18)16-6-4-15(9-17)5-7-16/h2-3,8-9H,4-7,14H2,1H3. The molecule has 0 atom stereocenters. The van der Waals surface area contributed by atoms with Gasteiger partial charge in [-0.3, -0.25) is 9.59 Å². The summed E-state index contributed by atoms with van der Waals surface area (Å²) < 4.78 is 0. The molecule has 5 nitrogen and oxygen atoms in total.